The smallest absolute Gasteiger partial charge is 0.328 e. The van der Waals surface area contributed by atoms with Crippen LogP contribution in [0.2, 0.25) is 5.02 Å². The van der Waals surface area contributed by atoms with Crippen LogP contribution in [-0.4, -0.2) is 33.0 Å². The molecule has 2 aromatic rings. The van der Waals surface area contributed by atoms with Crippen molar-refractivity contribution in [3.63, 3.8) is 0 Å². The SMILES string of the molecule is CCOC(=O)[C@]1(C#N)[C@H](c2ccc3c(c2)OCO3)[C@@H]1S(=O)(=O)c1ccc(Cl)cc1. The molecule has 2 aliphatic rings. The van der Waals surface area contributed by atoms with Gasteiger partial charge in [0.15, 0.2) is 26.8 Å². The first-order valence-corrected chi connectivity index (χ1v) is 10.8. The highest BCUT2D eigenvalue weighted by Crippen LogP contribution is 2.65. The molecule has 0 unspecified atom stereocenters. The summed E-state index contributed by atoms with van der Waals surface area (Å²) in [5, 5.41) is 9.00. The van der Waals surface area contributed by atoms with Crippen molar-refractivity contribution in [1.29, 1.82) is 5.26 Å². The Labute approximate surface area is 172 Å². The number of hydrogen-bond donors (Lipinski definition) is 0. The second kappa shape index (κ2) is 6.94. The average Bonchev–Trinajstić information content (AvgIpc) is 3.20. The van der Waals surface area contributed by atoms with Crippen LogP contribution in [0, 0.1) is 16.7 Å². The van der Waals surface area contributed by atoms with E-state index in [-0.39, 0.29) is 18.3 Å². The lowest BCUT2D eigenvalue weighted by molar-refractivity contribution is -0.147. The van der Waals surface area contributed by atoms with Gasteiger partial charge in [0, 0.05) is 10.9 Å². The van der Waals surface area contributed by atoms with Crippen molar-refractivity contribution >= 4 is 27.4 Å². The summed E-state index contributed by atoms with van der Waals surface area (Å²) in [6.07, 6.45) is 0. The number of nitriles is 1. The molecule has 7 nitrogen and oxygen atoms in total. The van der Waals surface area contributed by atoms with Gasteiger partial charge in [0.25, 0.3) is 0 Å². The third-order valence-electron chi connectivity index (χ3n) is 5.16. The first-order valence-electron chi connectivity index (χ1n) is 8.83. The van der Waals surface area contributed by atoms with Crippen LogP contribution >= 0.6 is 11.6 Å². The lowest BCUT2D eigenvalue weighted by Crippen LogP contribution is -2.25. The second-order valence-electron chi connectivity index (χ2n) is 6.71. The van der Waals surface area contributed by atoms with Crippen LogP contribution in [0.5, 0.6) is 11.5 Å². The number of esters is 1. The first-order chi connectivity index (χ1) is 13.9. The van der Waals surface area contributed by atoms with E-state index in [9.17, 15) is 18.5 Å². The highest BCUT2D eigenvalue weighted by atomic mass is 35.5. The van der Waals surface area contributed by atoms with Gasteiger partial charge in [-0.05, 0) is 48.9 Å². The topological polar surface area (TPSA) is 103 Å². The molecule has 1 aliphatic heterocycles. The molecule has 0 spiro atoms. The van der Waals surface area contributed by atoms with E-state index in [0.29, 0.717) is 22.1 Å². The summed E-state index contributed by atoms with van der Waals surface area (Å²) in [6.45, 7) is 1.69. The molecule has 1 fully saturated rings. The maximum absolute atomic E-state index is 13.3. The molecule has 0 aromatic heterocycles. The summed E-state index contributed by atoms with van der Waals surface area (Å²) in [5.41, 5.74) is -1.35. The fourth-order valence-electron chi connectivity index (χ4n) is 3.77. The van der Waals surface area contributed by atoms with Crippen molar-refractivity contribution < 1.29 is 27.4 Å². The molecule has 0 N–H and O–H groups in total. The summed E-state index contributed by atoms with van der Waals surface area (Å²) in [4.78, 5) is 12.7. The summed E-state index contributed by atoms with van der Waals surface area (Å²) in [5.74, 6) is -0.799. The summed E-state index contributed by atoms with van der Waals surface area (Å²) >= 11 is 5.86. The molecule has 2 aromatic carbocycles. The van der Waals surface area contributed by atoms with E-state index in [2.05, 4.69) is 0 Å². The number of hydrogen-bond acceptors (Lipinski definition) is 7. The number of fused-ring (bicyclic) bond motifs is 1. The number of nitrogens with zero attached hydrogens (tertiary/aromatic N) is 1. The Balaban J connectivity index is 1.82. The zero-order valence-corrected chi connectivity index (χ0v) is 16.9. The summed E-state index contributed by atoms with van der Waals surface area (Å²) in [7, 11) is -4.03. The van der Waals surface area contributed by atoms with Gasteiger partial charge < -0.3 is 14.2 Å². The Bertz CT molecular complexity index is 1120. The largest absolute Gasteiger partial charge is 0.465 e. The van der Waals surface area contributed by atoms with E-state index >= 15 is 0 Å². The van der Waals surface area contributed by atoms with Gasteiger partial charge in [-0.3, -0.25) is 4.79 Å². The van der Waals surface area contributed by atoms with E-state index < -0.39 is 32.4 Å². The van der Waals surface area contributed by atoms with Crippen molar-refractivity contribution in [3.05, 3.63) is 53.1 Å². The number of halogens is 1. The lowest BCUT2D eigenvalue weighted by atomic mass is 10.0. The monoisotopic (exact) mass is 433 g/mol. The Morgan fingerprint density at radius 3 is 2.59 bits per heavy atom. The first kappa shape index (κ1) is 19.6. The minimum absolute atomic E-state index is 0.0148. The molecule has 0 bridgehead atoms. The summed E-state index contributed by atoms with van der Waals surface area (Å²) in [6, 6.07) is 12.4. The molecule has 9 heteroatoms. The predicted octanol–water partition coefficient (Wildman–Crippen LogP) is 3.08. The molecule has 29 heavy (non-hydrogen) atoms. The minimum atomic E-state index is -4.03. The number of carbonyl (C=O) groups is 1. The van der Waals surface area contributed by atoms with Gasteiger partial charge in [-0.1, -0.05) is 17.7 Å². The quantitative estimate of drug-likeness (QED) is 0.667. The maximum atomic E-state index is 13.3. The van der Waals surface area contributed by atoms with Crippen molar-refractivity contribution in [2.75, 3.05) is 13.4 Å². The second-order valence-corrected chi connectivity index (χ2v) is 9.22. The standard InChI is InChI=1S/C20H16ClNO6S/c1-2-26-19(23)20(10-22)17(12-3-8-15-16(9-12)28-11-27-15)18(20)29(24,25)14-6-4-13(21)5-7-14/h3-9,17-18H,2,11H2,1H3/t17-,18+,20-/m1/s1. The van der Waals surface area contributed by atoms with Crippen LogP contribution < -0.4 is 9.47 Å². The van der Waals surface area contributed by atoms with E-state index in [1.807, 2.05) is 6.07 Å². The van der Waals surface area contributed by atoms with Crippen molar-refractivity contribution in [2.24, 2.45) is 5.41 Å². The zero-order valence-electron chi connectivity index (χ0n) is 15.3. The molecule has 1 saturated carbocycles. The maximum Gasteiger partial charge on any atom is 0.328 e. The van der Waals surface area contributed by atoms with Gasteiger partial charge in [-0.15, -0.1) is 0 Å². The van der Waals surface area contributed by atoms with Gasteiger partial charge in [0.05, 0.1) is 17.6 Å². The van der Waals surface area contributed by atoms with Crippen LogP contribution in [0.4, 0.5) is 0 Å². The van der Waals surface area contributed by atoms with E-state index in [1.165, 1.54) is 24.3 Å². The molecule has 0 radical (unpaired) electrons. The molecule has 3 atom stereocenters. The normalized spacial score (nSPS) is 24.6. The Kier molecular flexibility index (Phi) is 4.68. The van der Waals surface area contributed by atoms with Crippen LogP contribution in [0.1, 0.15) is 18.4 Å². The van der Waals surface area contributed by atoms with Crippen molar-refractivity contribution in [3.8, 4) is 17.6 Å². The molecule has 150 valence electrons. The number of sulfone groups is 1. The highest BCUT2D eigenvalue weighted by Gasteiger charge is 2.77. The summed E-state index contributed by atoms with van der Waals surface area (Å²) < 4.78 is 42.4. The van der Waals surface area contributed by atoms with Gasteiger partial charge >= 0.3 is 5.97 Å². The highest BCUT2D eigenvalue weighted by molar-refractivity contribution is 7.92. The van der Waals surface area contributed by atoms with Crippen molar-refractivity contribution in [2.45, 2.75) is 23.0 Å². The number of carbonyl (C=O) groups excluding carboxylic acids is 1. The average molecular weight is 434 g/mol. The van der Waals surface area contributed by atoms with Gasteiger partial charge in [0.1, 0.15) is 5.25 Å². The fourth-order valence-corrected chi connectivity index (χ4v) is 6.14. The molecular weight excluding hydrogens is 418 g/mol. The van der Waals surface area contributed by atoms with Crippen LogP contribution in [-0.2, 0) is 19.4 Å². The molecular formula is C20H16ClNO6S. The van der Waals surface area contributed by atoms with Gasteiger partial charge in [-0.2, -0.15) is 5.26 Å². The molecule has 0 amide bonds. The number of benzene rings is 2. The van der Waals surface area contributed by atoms with E-state index in [0.717, 1.165) is 0 Å². The van der Waals surface area contributed by atoms with Crippen LogP contribution in [0.3, 0.4) is 0 Å². The molecule has 1 aliphatic carbocycles. The molecule has 1 heterocycles. The number of rotatable bonds is 5. The van der Waals surface area contributed by atoms with Crippen LogP contribution in [0.15, 0.2) is 47.4 Å². The third-order valence-corrected chi connectivity index (χ3v) is 7.66. The Morgan fingerprint density at radius 2 is 1.93 bits per heavy atom. The third kappa shape index (κ3) is 2.93. The Morgan fingerprint density at radius 1 is 1.24 bits per heavy atom. The molecule has 0 saturated heterocycles. The van der Waals surface area contributed by atoms with Crippen molar-refractivity contribution in [1.82, 2.24) is 0 Å². The predicted molar refractivity (Wildman–Crippen MR) is 102 cm³/mol. The van der Waals surface area contributed by atoms with Gasteiger partial charge in [0.2, 0.25) is 6.79 Å². The van der Waals surface area contributed by atoms with Gasteiger partial charge in [-0.25, -0.2) is 8.42 Å². The Hall–Kier alpha value is -2.76. The fraction of sp³-hybridized carbons (Fsp3) is 0.300. The zero-order chi connectivity index (χ0) is 20.8. The minimum Gasteiger partial charge on any atom is -0.465 e. The lowest BCUT2D eigenvalue weighted by Gasteiger charge is -2.09. The number of ether oxygens (including phenoxy) is 3. The van der Waals surface area contributed by atoms with E-state index in [1.54, 1.807) is 25.1 Å². The van der Waals surface area contributed by atoms with E-state index in [4.69, 9.17) is 25.8 Å². The molecule has 4 rings (SSSR count). The van der Waals surface area contributed by atoms with Crippen LogP contribution in [0.25, 0.3) is 0 Å².